The van der Waals surface area contributed by atoms with Gasteiger partial charge < -0.3 is 29.9 Å². The highest BCUT2D eigenvalue weighted by Gasteiger charge is 2.46. The Kier molecular flexibility index (Phi) is 5.45. The molecule has 0 aliphatic carbocycles. The molecule has 0 aromatic rings. The van der Waals surface area contributed by atoms with E-state index >= 15 is 0 Å². The first-order chi connectivity index (χ1) is 8.18. The van der Waals surface area contributed by atoms with Crippen LogP contribution < -0.4 is 0 Å². The maximum atomic E-state index is 9.57. The number of alkyl halides is 3. The standard InChI is InChI=1S/C8H12Cl3NO6/c9-8(10,11)7(12)18-6-5(16)4(15)3(14)2(1-13)17-6/h2-6,12-16H,1H2/t2-,3-,4+,5-,6-/m1/s1. The second-order valence-electron chi connectivity index (χ2n) is 3.64. The number of hydrogen-bond acceptors (Lipinski definition) is 7. The number of aliphatic hydroxyl groups is 4. The van der Waals surface area contributed by atoms with Gasteiger partial charge in [-0.05, 0) is 0 Å². The third kappa shape index (κ3) is 3.58. The Balaban J connectivity index is 2.74. The van der Waals surface area contributed by atoms with Gasteiger partial charge in [0.05, 0.1) is 6.61 Å². The number of aliphatic hydroxyl groups excluding tert-OH is 4. The first kappa shape index (κ1) is 16.2. The average Bonchev–Trinajstić information content (AvgIpc) is 2.28. The molecule has 1 fully saturated rings. The molecule has 0 unspecified atom stereocenters. The largest absolute Gasteiger partial charge is 0.445 e. The topological polar surface area (TPSA) is 123 Å². The smallest absolute Gasteiger partial charge is 0.265 e. The number of hydrogen-bond donors (Lipinski definition) is 5. The maximum absolute atomic E-state index is 9.57. The third-order valence-electron chi connectivity index (χ3n) is 2.34. The predicted molar refractivity (Wildman–Crippen MR) is 62.9 cm³/mol. The van der Waals surface area contributed by atoms with Gasteiger partial charge in [-0.25, -0.2) is 0 Å². The Bertz CT molecular complexity index is 310. The molecule has 0 aromatic carbocycles. The highest BCUT2D eigenvalue weighted by atomic mass is 35.6. The van der Waals surface area contributed by atoms with Gasteiger partial charge >= 0.3 is 0 Å². The molecule has 18 heavy (non-hydrogen) atoms. The Labute approximate surface area is 117 Å². The molecule has 0 radical (unpaired) electrons. The number of nitrogens with one attached hydrogen (secondary N) is 1. The Morgan fingerprint density at radius 2 is 1.72 bits per heavy atom. The molecule has 0 saturated carbocycles. The zero-order chi connectivity index (χ0) is 14.1. The second-order valence-corrected chi connectivity index (χ2v) is 5.92. The molecule has 1 aliphatic heterocycles. The predicted octanol–water partition coefficient (Wildman–Crippen LogP) is -0.850. The van der Waals surface area contributed by atoms with Gasteiger partial charge in [-0.2, -0.15) is 0 Å². The van der Waals surface area contributed by atoms with Crippen molar-refractivity contribution in [2.45, 2.75) is 34.5 Å². The molecular weight excluding hydrogens is 312 g/mol. The summed E-state index contributed by atoms with van der Waals surface area (Å²) in [5.41, 5.74) is 0. The van der Waals surface area contributed by atoms with Crippen LogP contribution in [0.2, 0.25) is 0 Å². The lowest BCUT2D eigenvalue weighted by molar-refractivity contribution is -0.281. The van der Waals surface area contributed by atoms with Crippen LogP contribution in [-0.2, 0) is 9.47 Å². The molecular formula is C8H12Cl3NO6. The summed E-state index contributed by atoms with van der Waals surface area (Å²) in [6, 6.07) is 0. The van der Waals surface area contributed by atoms with Gasteiger partial charge in [0.25, 0.3) is 3.79 Å². The minimum absolute atomic E-state index is 0.619. The van der Waals surface area contributed by atoms with E-state index < -0.39 is 47.0 Å². The van der Waals surface area contributed by atoms with Crippen LogP contribution >= 0.6 is 34.8 Å². The Morgan fingerprint density at radius 1 is 1.17 bits per heavy atom. The summed E-state index contributed by atoms with van der Waals surface area (Å²) in [6.07, 6.45) is -7.49. The Hall–Kier alpha value is 0.140. The van der Waals surface area contributed by atoms with E-state index in [1.54, 1.807) is 0 Å². The van der Waals surface area contributed by atoms with Gasteiger partial charge in [-0.3, -0.25) is 5.41 Å². The van der Waals surface area contributed by atoms with E-state index in [4.69, 9.17) is 54.8 Å². The van der Waals surface area contributed by atoms with Crippen LogP contribution in [0.1, 0.15) is 0 Å². The van der Waals surface area contributed by atoms with Gasteiger partial charge in [0.2, 0.25) is 12.2 Å². The van der Waals surface area contributed by atoms with E-state index in [1.165, 1.54) is 0 Å². The van der Waals surface area contributed by atoms with E-state index in [2.05, 4.69) is 0 Å². The molecule has 0 bridgehead atoms. The van der Waals surface area contributed by atoms with Crippen molar-refractivity contribution in [3.8, 4) is 0 Å². The molecule has 5 atom stereocenters. The molecule has 10 heteroatoms. The fourth-order valence-corrected chi connectivity index (χ4v) is 1.48. The van der Waals surface area contributed by atoms with Crippen molar-refractivity contribution in [1.82, 2.24) is 0 Å². The fourth-order valence-electron chi connectivity index (χ4n) is 1.35. The first-order valence-corrected chi connectivity index (χ1v) is 5.94. The van der Waals surface area contributed by atoms with Crippen LogP contribution in [0.25, 0.3) is 0 Å². The third-order valence-corrected chi connectivity index (χ3v) is 2.85. The van der Waals surface area contributed by atoms with Gasteiger partial charge in [0, 0.05) is 0 Å². The van der Waals surface area contributed by atoms with Gasteiger partial charge in [-0.1, -0.05) is 34.8 Å². The highest BCUT2D eigenvalue weighted by molar-refractivity contribution is 6.76. The molecule has 106 valence electrons. The average molecular weight is 325 g/mol. The zero-order valence-electron chi connectivity index (χ0n) is 8.83. The fraction of sp³-hybridized carbons (Fsp3) is 0.875. The van der Waals surface area contributed by atoms with E-state index in [0.717, 1.165) is 0 Å². The number of halogens is 3. The highest BCUT2D eigenvalue weighted by Crippen LogP contribution is 2.30. The van der Waals surface area contributed by atoms with Crippen molar-refractivity contribution in [1.29, 1.82) is 5.41 Å². The lowest BCUT2D eigenvalue weighted by Crippen LogP contribution is -2.59. The van der Waals surface area contributed by atoms with Crippen LogP contribution in [0.5, 0.6) is 0 Å². The van der Waals surface area contributed by atoms with Crippen LogP contribution in [0, 0.1) is 5.41 Å². The van der Waals surface area contributed by atoms with E-state index in [-0.39, 0.29) is 0 Å². The molecule has 0 spiro atoms. The molecule has 0 aromatic heterocycles. The number of rotatable bonds is 2. The summed E-state index contributed by atoms with van der Waals surface area (Å²) < 4.78 is 7.55. The molecule has 0 amide bonds. The molecule has 1 heterocycles. The lowest BCUT2D eigenvalue weighted by atomic mass is 9.99. The first-order valence-electron chi connectivity index (χ1n) is 4.81. The number of ether oxygens (including phenoxy) is 2. The van der Waals surface area contributed by atoms with Crippen molar-refractivity contribution in [3.05, 3.63) is 0 Å². The molecule has 1 saturated heterocycles. The maximum Gasteiger partial charge on any atom is 0.265 e. The minimum atomic E-state index is -2.15. The quantitative estimate of drug-likeness (QED) is 0.256. The van der Waals surface area contributed by atoms with Crippen molar-refractivity contribution in [2.75, 3.05) is 6.61 Å². The summed E-state index contributed by atoms with van der Waals surface area (Å²) in [5, 5.41) is 44.7. The summed E-state index contributed by atoms with van der Waals surface area (Å²) in [6.45, 7) is -0.619. The van der Waals surface area contributed by atoms with E-state index in [1.807, 2.05) is 0 Å². The summed E-state index contributed by atoms with van der Waals surface area (Å²) in [4.78, 5) is 0. The summed E-state index contributed by atoms with van der Waals surface area (Å²) in [5.74, 6) is -0.822. The second kappa shape index (κ2) is 6.06. The SMILES string of the molecule is N=C(O[C@H]1O[C@H](CO)[C@@H](O)[C@H](O)[C@H]1O)C(Cl)(Cl)Cl. The zero-order valence-corrected chi connectivity index (χ0v) is 11.1. The monoisotopic (exact) mass is 323 g/mol. The van der Waals surface area contributed by atoms with Gasteiger partial charge in [-0.15, -0.1) is 0 Å². The summed E-state index contributed by atoms with van der Waals surface area (Å²) in [7, 11) is 0. The van der Waals surface area contributed by atoms with Gasteiger partial charge in [0.15, 0.2) is 0 Å². The van der Waals surface area contributed by atoms with Crippen molar-refractivity contribution in [2.24, 2.45) is 0 Å². The molecule has 1 aliphatic rings. The van der Waals surface area contributed by atoms with E-state index in [0.29, 0.717) is 0 Å². The summed E-state index contributed by atoms with van der Waals surface area (Å²) >= 11 is 16.1. The van der Waals surface area contributed by atoms with Crippen LogP contribution in [0.4, 0.5) is 0 Å². The van der Waals surface area contributed by atoms with Crippen LogP contribution in [0.3, 0.4) is 0 Å². The van der Waals surface area contributed by atoms with Gasteiger partial charge in [0.1, 0.15) is 24.4 Å². The molecule has 1 rings (SSSR count). The van der Waals surface area contributed by atoms with Crippen molar-refractivity contribution in [3.63, 3.8) is 0 Å². The Morgan fingerprint density at radius 3 is 2.17 bits per heavy atom. The van der Waals surface area contributed by atoms with Crippen LogP contribution in [0.15, 0.2) is 0 Å². The minimum Gasteiger partial charge on any atom is -0.445 e. The van der Waals surface area contributed by atoms with Crippen molar-refractivity contribution < 1.29 is 29.9 Å². The molecule has 7 nitrogen and oxygen atoms in total. The lowest BCUT2D eigenvalue weighted by Gasteiger charge is -2.39. The van der Waals surface area contributed by atoms with Crippen molar-refractivity contribution >= 4 is 40.7 Å². The van der Waals surface area contributed by atoms with Crippen LogP contribution in [-0.4, -0.2) is 67.4 Å². The van der Waals surface area contributed by atoms with E-state index in [9.17, 15) is 15.3 Å². The molecule has 5 N–H and O–H groups in total. The normalized spacial score (nSPS) is 37.4.